The van der Waals surface area contributed by atoms with Crippen molar-refractivity contribution in [3.63, 3.8) is 0 Å². The van der Waals surface area contributed by atoms with Gasteiger partial charge in [0.2, 0.25) is 0 Å². The maximum absolute atomic E-state index is 13.3. The molecule has 2 atom stereocenters. The second-order valence-electron chi connectivity index (χ2n) is 9.92. The fourth-order valence-corrected chi connectivity index (χ4v) is 3.39. The van der Waals surface area contributed by atoms with Crippen LogP contribution in [-0.4, -0.2) is 51.4 Å². The molecule has 2 heterocycles. The second kappa shape index (κ2) is 11.9. The number of aromatic nitrogens is 2. The maximum Gasteiger partial charge on any atom is 0.333 e. The molecule has 196 valence electrons. The number of nitrogen functional groups attached to an aromatic ring is 2. The third-order valence-corrected chi connectivity index (χ3v) is 5.13. The zero-order valence-electron chi connectivity index (χ0n) is 21.1. The first-order valence-corrected chi connectivity index (χ1v) is 11.9. The average Bonchev–Trinajstić information content (AvgIpc) is 2.71. The fourth-order valence-electron chi connectivity index (χ4n) is 2.95. The highest BCUT2D eigenvalue weighted by Crippen LogP contribution is 2.22. The van der Waals surface area contributed by atoms with Gasteiger partial charge >= 0.3 is 11.9 Å². The normalized spacial score (nSPS) is 13.9. The lowest BCUT2D eigenvalue weighted by molar-refractivity contribution is -0.166. The van der Waals surface area contributed by atoms with Gasteiger partial charge in [0, 0.05) is 42.1 Å². The third kappa shape index (κ3) is 8.61. The van der Waals surface area contributed by atoms with E-state index < -0.39 is 35.2 Å². The van der Waals surface area contributed by atoms with Crippen molar-refractivity contribution in [1.29, 1.82) is 0 Å². The minimum Gasteiger partial charge on any atom is -0.459 e. The van der Waals surface area contributed by atoms with Crippen LogP contribution in [0.5, 0.6) is 0 Å². The van der Waals surface area contributed by atoms with Crippen LogP contribution in [0.3, 0.4) is 0 Å². The molecule has 0 aromatic carbocycles. The molecule has 0 fully saturated rings. The molecule has 2 aromatic rings. The highest BCUT2D eigenvalue weighted by atomic mass is 35.5. The van der Waals surface area contributed by atoms with Crippen molar-refractivity contribution in [2.24, 2.45) is 4.99 Å². The minimum absolute atomic E-state index is 0.00692. The van der Waals surface area contributed by atoms with Crippen LogP contribution in [0.2, 0.25) is 10.3 Å². The van der Waals surface area contributed by atoms with Gasteiger partial charge in [0.25, 0.3) is 0 Å². The quantitative estimate of drug-likeness (QED) is 0.259. The van der Waals surface area contributed by atoms with E-state index >= 15 is 0 Å². The van der Waals surface area contributed by atoms with Gasteiger partial charge in [-0.3, -0.25) is 15.1 Å². The van der Waals surface area contributed by atoms with Gasteiger partial charge in [-0.1, -0.05) is 23.2 Å². The Balaban J connectivity index is 2.54. The molecule has 5 N–H and O–H groups in total. The number of pyridine rings is 2. The van der Waals surface area contributed by atoms with Crippen LogP contribution in [0.25, 0.3) is 0 Å². The van der Waals surface area contributed by atoms with Crippen LogP contribution in [-0.2, 0) is 25.6 Å². The van der Waals surface area contributed by atoms with Crippen molar-refractivity contribution in [3.8, 4) is 0 Å². The smallest absolute Gasteiger partial charge is 0.333 e. The number of rotatable bonds is 8. The van der Waals surface area contributed by atoms with Crippen LogP contribution >= 0.6 is 23.2 Å². The zero-order chi connectivity index (χ0) is 27.3. The summed E-state index contributed by atoms with van der Waals surface area (Å²) in [5.41, 5.74) is 11.7. The van der Waals surface area contributed by atoms with Crippen LogP contribution in [0, 0.1) is 0 Å². The molecule has 12 heteroatoms. The number of carbonyl (C=O) groups is 2. The molecule has 2 aromatic heterocycles. The summed E-state index contributed by atoms with van der Waals surface area (Å²) in [6, 6.07) is 0.434. The maximum atomic E-state index is 13.3. The molecule has 0 amide bonds. The fraction of sp³-hybridized carbons (Fsp3) is 0.458. The van der Waals surface area contributed by atoms with E-state index in [1.165, 1.54) is 24.7 Å². The molecule has 36 heavy (non-hydrogen) atoms. The van der Waals surface area contributed by atoms with Crippen LogP contribution in [0.4, 0.5) is 11.4 Å². The number of ether oxygens (including phenoxy) is 2. The van der Waals surface area contributed by atoms with Gasteiger partial charge in [0.05, 0.1) is 5.56 Å². The summed E-state index contributed by atoms with van der Waals surface area (Å²) in [6.07, 6.45) is 4.18. The summed E-state index contributed by atoms with van der Waals surface area (Å²) in [6.45, 7) is 10.2. The number of halogens is 2. The lowest BCUT2D eigenvalue weighted by atomic mass is 10.1. The largest absolute Gasteiger partial charge is 0.459 e. The van der Waals surface area contributed by atoms with Crippen molar-refractivity contribution >= 4 is 52.7 Å². The zero-order valence-corrected chi connectivity index (χ0v) is 22.6. The summed E-state index contributed by atoms with van der Waals surface area (Å²) < 4.78 is 11.1. The van der Waals surface area contributed by atoms with E-state index in [2.05, 4.69) is 20.3 Å². The number of nitrogens with zero attached hydrogens (tertiary/aromatic N) is 3. The monoisotopic (exact) mass is 538 g/mol. The molecular formula is C24H32Cl2N6O4. The number of carbonyl (C=O) groups excluding carboxylic acids is 2. The molecule has 0 aliphatic rings. The highest BCUT2D eigenvalue weighted by Gasteiger charge is 2.39. The van der Waals surface area contributed by atoms with Crippen molar-refractivity contribution in [2.45, 2.75) is 71.4 Å². The summed E-state index contributed by atoms with van der Waals surface area (Å²) >= 11 is 12.4. The summed E-state index contributed by atoms with van der Waals surface area (Å²) in [7, 11) is 0. The first-order chi connectivity index (χ1) is 16.6. The first kappa shape index (κ1) is 29.3. The molecule has 0 bridgehead atoms. The van der Waals surface area contributed by atoms with Crippen molar-refractivity contribution in [1.82, 2.24) is 15.3 Å². The number of esters is 2. The van der Waals surface area contributed by atoms with Crippen molar-refractivity contribution in [3.05, 3.63) is 46.0 Å². The number of nitrogens with one attached hydrogen (secondary N) is 1. The second-order valence-corrected chi connectivity index (χ2v) is 10.6. The van der Waals surface area contributed by atoms with E-state index in [-0.39, 0.29) is 22.4 Å². The van der Waals surface area contributed by atoms with Gasteiger partial charge in [0.1, 0.15) is 27.6 Å². The number of anilines is 2. The van der Waals surface area contributed by atoms with Gasteiger partial charge in [-0.15, -0.1) is 0 Å². The van der Waals surface area contributed by atoms with Crippen LogP contribution in [0.15, 0.2) is 29.5 Å². The number of nitrogens with two attached hydrogens (primary N) is 2. The third-order valence-electron chi connectivity index (χ3n) is 4.50. The molecular weight excluding hydrogens is 507 g/mol. The van der Waals surface area contributed by atoms with Crippen molar-refractivity contribution in [2.75, 3.05) is 11.5 Å². The predicted molar refractivity (Wildman–Crippen MR) is 141 cm³/mol. The van der Waals surface area contributed by atoms with E-state index in [0.717, 1.165) is 0 Å². The molecule has 0 radical (unpaired) electrons. The van der Waals surface area contributed by atoms with E-state index in [1.54, 1.807) is 47.6 Å². The number of hydrogen-bond acceptors (Lipinski definition) is 10. The molecule has 0 aliphatic carbocycles. The molecule has 2 unspecified atom stereocenters. The Bertz CT molecular complexity index is 1090. The summed E-state index contributed by atoms with van der Waals surface area (Å²) in [5, 5.41) is 3.23. The lowest BCUT2D eigenvalue weighted by Gasteiger charge is -2.29. The van der Waals surface area contributed by atoms with Crippen LogP contribution in [0.1, 0.15) is 52.7 Å². The van der Waals surface area contributed by atoms with Crippen molar-refractivity contribution < 1.29 is 19.1 Å². The molecule has 10 nitrogen and oxygen atoms in total. The number of hydrogen-bond donors (Lipinski definition) is 3. The van der Waals surface area contributed by atoms with E-state index in [4.69, 9.17) is 44.1 Å². The average molecular weight is 539 g/mol. The van der Waals surface area contributed by atoms with Crippen LogP contribution < -0.4 is 16.8 Å². The highest BCUT2D eigenvalue weighted by molar-refractivity contribution is 6.32. The Labute approximate surface area is 220 Å². The first-order valence-electron chi connectivity index (χ1n) is 11.1. The van der Waals surface area contributed by atoms with E-state index in [0.29, 0.717) is 16.9 Å². The van der Waals surface area contributed by atoms with E-state index in [1.807, 2.05) is 0 Å². The molecule has 0 saturated carbocycles. The SMILES string of the molecule is CC(C)(C)OC(=O)C(N=Cc1c(N)ccnc1Cl)C(NCc1c(N)ccnc1Cl)C(=O)OC(C)(C)C. The van der Waals surface area contributed by atoms with Gasteiger partial charge < -0.3 is 20.9 Å². The Morgan fingerprint density at radius 1 is 0.972 bits per heavy atom. The van der Waals surface area contributed by atoms with Gasteiger partial charge in [0.15, 0.2) is 6.04 Å². The van der Waals surface area contributed by atoms with E-state index in [9.17, 15) is 9.59 Å². The molecule has 0 aliphatic heterocycles. The Morgan fingerprint density at radius 3 is 2.03 bits per heavy atom. The van der Waals surface area contributed by atoms with Gasteiger partial charge in [-0.2, -0.15) is 0 Å². The predicted octanol–water partition coefficient (Wildman–Crippen LogP) is 3.58. The Hall–Kier alpha value is -2.95. The molecule has 2 rings (SSSR count). The lowest BCUT2D eigenvalue weighted by Crippen LogP contribution is -2.52. The minimum atomic E-state index is -1.38. The summed E-state index contributed by atoms with van der Waals surface area (Å²) in [4.78, 5) is 38.9. The Morgan fingerprint density at radius 2 is 1.50 bits per heavy atom. The molecule has 0 spiro atoms. The van der Waals surface area contributed by atoms with Gasteiger partial charge in [-0.25, -0.2) is 14.8 Å². The molecule has 0 saturated heterocycles. The Kier molecular flexibility index (Phi) is 9.64. The topological polar surface area (TPSA) is 155 Å². The standard InChI is InChI=1S/C24H32Cl2N6O4/c1-23(2,3)35-21(33)17(31-11-13-15(27)7-9-29-19(13)25)18(22(34)36-24(4,5)6)32-12-14-16(28)8-10-30-20(14)26/h7-11,17-18,32H,12H2,1-6H3,(H2,27,29)(H2,28,30). The number of aliphatic imine (C=N–C) groups is 1. The van der Waals surface area contributed by atoms with Gasteiger partial charge in [-0.05, 0) is 53.7 Å². The summed E-state index contributed by atoms with van der Waals surface area (Å²) in [5.74, 6) is -1.51.